The van der Waals surface area contributed by atoms with Crippen LogP contribution in [0.25, 0.3) is 22.3 Å². The van der Waals surface area contributed by atoms with Gasteiger partial charge in [0.15, 0.2) is 12.7 Å². The molecule has 0 aromatic heterocycles. The van der Waals surface area contributed by atoms with Crippen LogP contribution >= 0.6 is 0 Å². The van der Waals surface area contributed by atoms with E-state index in [9.17, 15) is 0 Å². The van der Waals surface area contributed by atoms with Crippen LogP contribution in [0.15, 0.2) is 114 Å². The SMILES string of the molecule is c1ccc(-c2cc(B3C4CCC5CCCC6C5C4N(C4=NC5C(CCC7C8CCCCC8N(c8ccccc8)C75)N46)C4CCC5C6CCCCC6OC5C34)cc(-c3ccccc3)c2)cc1. The zero-order chi connectivity index (χ0) is 42.3. The van der Waals surface area contributed by atoms with E-state index in [1.165, 1.54) is 143 Å². The second-order valence-electron chi connectivity index (χ2n) is 23.4. The van der Waals surface area contributed by atoms with Gasteiger partial charge in [0.1, 0.15) is 0 Å². The highest BCUT2D eigenvalue weighted by molar-refractivity contribution is 6.77. The second kappa shape index (κ2) is 15.2. The molecule has 0 amide bonds. The van der Waals surface area contributed by atoms with Gasteiger partial charge in [-0.05, 0) is 146 Å². The zero-order valence-corrected chi connectivity index (χ0v) is 38.5. The van der Waals surface area contributed by atoms with Crippen molar-refractivity contribution in [2.75, 3.05) is 4.90 Å². The molecule has 10 fully saturated rings. The molecular weight excluding hydrogens is 791 g/mol. The van der Waals surface area contributed by atoms with Crippen molar-refractivity contribution in [3.05, 3.63) is 109 Å². The van der Waals surface area contributed by atoms with Gasteiger partial charge in [-0.1, -0.05) is 141 Å². The molecule has 17 atom stereocenters. The Hall–Kier alpha value is -4.03. The van der Waals surface area contributed by atoms with E-state index in [2.05, 4.69) is 124 Å². The molecule has 6 heteroatoms. The van der Waals surface area contributed by atoms with Crippen LogP contribution in [0, 0.1) is 35.5 Å². The van der Waals surface area contributed by atoms with E-state index in [1.807, 2.05) is 0 Å². The lowest BCUT2D eigenvalue weighted by molar-refractivity contribution is -0.0749. The Labute approximate surface area is 388 Å². The molecule has 4 aromatic rings. The maximum atomic E-state index is 7.71. The van der Waals surface area contributed by atoms with Gasteiger partial charge < -0.3 is 19.4 Å². The van der Waals surface area contributed by atoms with Crippen molar-refractivity contribution in [1.82, 2.24) is 9.80 Å². The molecule has 5 aliphatic heterocycles. The number of para-hydroxylation sites is 1. The van der Waals surface area contributed by atoms with Gasteiger partial charge in [0, 0.05) is 35.8 Å². The van der Waals surface area contributed by atoms with Crippen molar-refractivity contribution in [3.63, 3.8) is 0 Å². The van der Waals surface area contributed by atoms with Gasteiger partial charge >= 0.3 is 0 Å². The van der Waals surface area contributed by atoms with Gasteiger partial charge in [0.05, 0.1) is 30.3 Å². The van der Waals surface area contributed by atoms with E-state index in [1.54, 1.807) is 5.46 Å². The second-order valence-corrected chi connectivity index (χ2v) is 23.4. The number of aliphatic imine (C=N–C) groups is 1. The summed E-state index contributed by atoms with van der Waals surface area (Å²) in [6.45, 7) is 0.482. The number of rotatable bonds is 4. The molecule has 4 saturated heterocycles. The predicted molar refractivity (Wildman–Crippen MR) is 265 cm³/mol. The standard InChI is InChI=1S/C59H69BN4O/c1-4-15-36(16-5-1)39-33-40(37-17-6-2-7-18-37)35-41(34-39)60-47-30-27-38-19-14-25-49-53(38)57(47)64(50-31-29-46-44-23-11-13-26-52(44)65-58(46)54(50)60)59-61-55-51(63(49)59)32-28-45-43-22-10-12-24-48(43)62(56(45)55)42-20-8-3-9-21-42/h1-9,15-18,20-21,33-35,38,43-58H,10-14,19,22-32H2. The minimum Gasteiger partial charge on any atom is -0.375 e. The lowest BCUT2D eigenvalue weighted by Gasteiger charge is -2.68. The van der Waals surface area contributed by atoms with Crippen molar-refractivity contribution in [1.29, 1.82) is 0 Å². The summed E-state index contributed by atoms with van der Waals surface area (Å²) >= 11 is 0. The first-order valence-electron chi connectivity index (χ1n) is 27.2. The first-order valence-corrected chi connectivity index (χ1v) is 27.2. The van der Waals surface area contributed by atoms with E-state index in [0.717, 1.165) is 29.6 Å². The average molecular weight is 861 g/mol. The molecule has 6 aliphatic carbocycles. The first kappa shape index (κ1) is 39.0. The summed E-state index contributed by atoms with van der Waals surface area (Å²) in [4.78, 5) is 15.7. The number of benzene rings is 4. The summed E-state index contributed by atoms with van der Waals surface area (Å²) in [6.07, 6.45) is 24.1. The quantitative estimate of drug-likeness (QED) is 0.191. The summed E-state index contributed by atoms with van der Waals surface area (Å²) in [5, 5.41) is 0. The fraction of sp³-hybridized carbons (Fsp3) is 0.576. The maximum absolute atomic E-state index is 7.71. The van der Waals surface area contributed by atoms with Crippen molar-refractivity contribution in [3.8, 4) is 22.3 Å². The molecule has 11 aliphatic rings. The number of hydrogen-bond acceptors (Lipinski definition) is 5. The Morgan fingerprint density at radius 1 is 0.477 bits per heavy atom. The lowest BCUT2D eigenvalue weighted by Crippen LogP contribution is -2.77. The molecule has 17 unspecified atom stereocenters. The van der Waals surface area contributed by atoms with Crippen LogP contribution in [0.2, 0.25) is 11.6 Å². The Bertz CT molecular complexity index is 2390. The van der Waals surface area contributed by atoms with Crippen molar-refractivity contribution < 1.29 is 4.74 Å². The van der Waals surface area contributed by atoms with Crippen LogP contribution in [-0.4, -0.2) is 77.0 Å². The fourth-order valence-electron chi connectivity index (χ4n) is 19.0. The Morgan fingerprint density at radius 3 is 1.94 bits per heavy atom. The number of guanidine groups is 1. The molecule has 6 saturated carbocycles. The summed E-state index contributed by atoms with van der Waals surface area (Å²) in [6, 6.07) is 46.0. The first-order chi connectivity index (χ1) is 32.3. The van der Waals surface area contributed by atoms with Gasteiger partial charge in [-0.25, -0.2) is 4.99 Å². The molecule has 65 heavy (non-hydrogen) atoms. The number of fused-ring (bicyclic) bond motifs is 15. The van der Waals surface area contributed by atoms with Crippen molar-refractivity contribution in [2.24, 2.45) is 40.5 Å². The number of ether oxygens (including phenoxy) is 1. The molecular formula is C59H69BN4O. The Kier molecular flexibility index (Phi) is 9.15. The summed E-state index contributed by atoms with van der Waals surface area (Å²) < 4.78 is 7.71. The van der Waals surface area contributed by atoms with E-state index in [-0.39, 0.29) is 0 Å². The highest BCUT2D eigenvalue weighted by Gasteiger charge is 2.69. The van der Waals surface area contributed by atoms with Crippen LogP contribution in [0.4, 0.5) is 5.69 Å². The van der Waals surface area contributed by atoms with Gasteiger partial charge in [0.25, 0.3) is 0 Å². The summed E-state index contributed by atoms with van der Waals surface area (Å²) in [7, 11) is 0. The van der Waals surface area contributed by atoms with E-state index in [4.69, 9.17) is 9.73 Å². The van der Waals surface area contributed by atoms with E-state index in [0.29, 0.717) is 78.8 Å². The molecule has 0 bridgehead atoms. The average Bonchev–Trinajstić information content (AvgIpc) is 4.06. The topological polar surface area (TPSA) is 31.3 Å². The minimum absolute atomic E-state index is 0.337. The molecule has 0 spiro atoms. The number of hydrogen-bond donors (Lipinski definition) is 0. The molecule has 0 N–H and O–H groups in total. The molecule has 4 aromatic carbocycles. The highest BCUT2D eigenvalue weighted by atomic mass is 16.5. The van der Waals surface area contributed by atoms with Crippen LogP contribution in [0.5, 0.6) is 0 Å². The third-order valence-electron chi connectivity index (χ3n) is 21.0. The molecule has 334 valence electrons. The van der Waals surface area contributed by atoms with Gasteiger partial charge in [0.2, 0.25) is 0 Å². The Balaban J connectivity index is 0.906. The highest BCUT2D eigenvalue weighted by Crippen LogP contribution is 2.64. The normalized spacial score (nSPS) is 41.8. The minimum atomic E-state index is 0.337. The third-order valence-corrected chi connectivity index (χ3v) is 21.0. The summed E-state index contributed by atoms with van der Waals surface area (Å²) in [5.74, 6) is 7.15. The third kappa shape index (κ3) is 5.77. The molecule has 0 radical (unpaired) electrons. The zero-order valence-electron chi connectivity index (χ0n) is 38.5. The van der Waals surface area contributed by atoms with E-state index < -0.39 is 0 Å². The van der Waals surface area contributed by atoms with Gasteiger partial charge in [-0.2, -0.15) is 0 Å². The van der Waals surface area contributed by atoms with Crippen LogP contribution < -0.4 is 10.4 Å². The lowest BCUT2D eigenvalue weighted by atomic mass is 9.22. The maximum Gasteiger partial charge on any atom is 0.198 e. The van der Waals surface area contributed by atoms with Crippen LogP contribution in [0.1, 0.15) is 109 Å². The molecule has 15 rings (SSSR count). The monoisotopic (exact) mass is 861 g/mol. The van der Waals surface area contributed by atoms with Gasteiger partial charge in [-0.3, -0.25) is 0 Å². The van der Waals surface area contributed by atoms with E-state index >= 15 is 0 Å². The van der Waals surface area contributed by atoms with Crippen molar-refractivity contribution in [2.45, 2.75) is 175 Å². The predicted octanol–water partition coefficient (Wildman–Crippen LogP) is 11.7. The van der Waals surface area contributed by atoms with Crippen molar-refractivity contribution >= 4 is 23.8 Å². The van der Waals surface area contributed by atoms with Gasteiger partial charge in [-0.15, -0.1) is 0 Å². The number of anilines is 1. The Morgan fingerprint density at radius 2 is 1.15 bits per heavy atom. The number of nitrogens with zero attached hydrogens (tertiary/aromatic N) is 4. The van der Waals surface area contributed by atoms with Crippen LogP contribution in [-0.2, 0) is 4.74 Å². The fourth-order valence-corrected chi connectivity index (χ4v) is 19.0. The largest absolute Gasteiger partial charge is 0.375 e. The van der Waals surface area contributed by atoms with Crippen LogP contribution in [0.3, 0.4) is 0 Å². The molecule has 5 heterocycles. The molecule has 5 nitrogen and oxygen atoms in total. The summed E-state index contributed by atoms with van der Waals surface area (Å²) in [5.41, 5.74) is 8.52. The smallest absolute Gasteiger partial charge is 0.198 e.